The lowest BCUT2D eigenvalue weighted by Crippen LogP contribution is -2.53. The van der Waals surface area contributed by atoms with Crippen LogP contribution in [0, 0.1) is 0 Å². The van der Waals surface area contributed by atoms with Crippen LogP contribution in [0.4, 0.5) is 0 Å². The molecule has 0 radical (unpaired) electrons. The Labute approximate surface area is 106 Å². The number of amides is 1. The van der Waals surface area contributed by atoms with Gasteiger partial charge in [-0.3, -0.25) is 14.5 Å². The summed E-state index contributed by atoms with van der Waals surface area (Å²) in [5.74, 6) is -0.459. The first kappa shape index (κ1) is 12.7. The van der Waals surface area contributed by atoms with Crippen LogP contribution < -0.4 is 5.73 Å². The van der Waals surface area contributed by atoms with Gasteiger partial charge in [0.25, 0.3) is 0 Å². The molecular formula is C13H16N2O3. The van der Waals surface area contributed by atoms with E-state index in [0.717, 1.165) is 0 Å². The molecule has 2 N–H and O–H groups in total. The summed E-state index contributed by atoms with van der Waals surface area (Å²) in [4.78, 5) is 25.1. The summed E-state index contributed by atoms with van der Waals surface area (Å²) in [6.07, 6.45) is 0. The number of primary amides is 1. The quantitative estimate of drug-likeness (QED) is 0.764. The van der Waals surface area contributed by atoms with Gasteiger partial charge in [0.05, 0.1) is 19.8 Å². The first-order valence-corrected chi connectivity index (χ1v) is 5.88. The molecule has 1 aromatic rings. The molecule has 96 valence electrons. The number of hydrogen-bond acceptors (Lipinski definition) is 4. The van der Waals surface area contributed by atoms with Gasteiger partial charge in [0.1, 0.15) is 6.04 Å². The molecule has 0 aromatic heterocycles. The number of carbonyl (C=O) groups excluding carboxylic acids is 2. The third kappa shape index (κ3) is 2.94. The summed E-state index contributed by atoms with van der Waals surface area (Å²) in [6.45, 7) is 1.52. The van der Waals surface area contributed by atoms with Gasteiger partial charge in [-0.25, -0.2) is 0 Å². The lowest BCUT2D eigenvalue weighted by atomic mass is 10.1. The number of hydrogen-bond donors (Lipinski definition) is 1. The molecule has 5 nitrogen and oxygen atoms in total. The minimum atomic E-state index is -0.508. The van der Waals surface area contributed by atoms with Gasteiger partial charge in [-0.15, -0.1) is 0 Å². The van der Waals surface area contributed by atoms with Crippen molar-refractivity contribution in [2.45, 2.75) is 6.04 Å². The van der Waals surface area contributed by atoms with Crippen LogP contribution in [-0.4, -0.2) is 48.9 Å². The molecule has 1 fully saturated rings. The molecule has 1 aliphatic heterocycles. The van der Waals surface area contributed by atoms with Crippen molar-refractivity contribution in [1.29, 1.82) is 0 Å². The number of benzene rings is 1. The molecule has 0 saturated carbocycles. The summed E-state index contributed by atoms with van der Waals surface area (Å²) in [6, 6.07) is 8.52. The highest BCUT2D eigenvalue weighted by molar-refractivity contribution is 5.98. The van der Waals surface area contributed by atoms with Gasteiger partial charge in [-0.1, -0.05) is 30.3 Å². The van der Waals surface area contributed by atoms with E-state index < -0.39 is 11.9 Å². The minimum Gasteiger partial charge on any atom is -0.378 e. The fraction of sp³-hybridized carbons (Fsp3) is 0.385. The number of Topliss-reactive ketones (excluding diaryl/α,β-unsaturated/α-hetero) is 1. The van der Waals surface area contributed by atoms with Crippen molar-refractivity contribution < 1.29 is 14.3 Å². The Morgan fingerprint density at radius 3 is 2.72 bits per heavy atom. The van der Waals surface area contributed by atoms with E-state index in [0.29, 0.717) is 18.7 Å². The minimum absolute atomic E-state index is 0.0104. The van der Waals surface area contributed by atoms with Crippen molar-refractivity contribution in [3.05, 3.63) is 35.9 Å². The molecule has 1 aromatic carbocycles. The zero-order valence-corrected chi connectivity index (χ0v) is 10.0. The van der Waals surface area contributed by atoms with Crippen LogP contribution in [0.25, 0.3) is 0 Å². The molecule has 1 saturated heterocycles. The zero-order valence-electron chi connectivity index (χ0n) is 10.0. The van der Waals surface area contributed by atoms with E-state index in [9.17, 15) is 9.59 Å². The number of ketones is 1. The van der Waals surface area contributed by atoms with E-state index in [1.165, 1.54) is 0 Å². The van der Waals surface area contributed by atoms with Crippen molar-refractivity contribution in [3.8, 4) is 0 Å². The largest absolute Gasteiger partial charge is 0.378 e. The van der Waals surface area contributed by atoms with Crippen molar-refractivity contribution in [3.63, 3.8) is 0 Å². The summed E-state index contributed by atoms with van der Waals surface area (Å²) in [5.41, 5.74) is 5.95. The maximum absolute atomic E-state index is 12.0. The van der Waals surface area contributed by atoms with Gasteiger partial charge >= 0.3 is 0 Å². The monoisotopic (exact) mass is 248 g/mol. The third-order valence-electron chi connectivity index (χ3n) is 3.01. The van der Waals surface area contributed by atoms with Crippen LogP contribution in [0.15, 0.2) is 30.3 Å². The first-order chi connectivity index (χ1) is 8.68. The maximum atomic E-state index is 12.0. The summed E-state index contributed by atoms with van der Waals surface area (Å²) in [7, 11) is 0. The van der Waals surface area contributed by atoms with Gasteiger partial charge in [0.2, 0.25) is 5.91 Å². The Morgan fingerprint density at radius 1 is 1.33 bits per heavy atom. The molecule has 1 unspecified atom stereocenters. The third-order valence-corrected chi connectivity index (χ3v) is 3.01. The molecule has 0 spiro atoms. The number of rotatable bonds is 4. The molecule has 2 rings (SSSR count). The summed E-state index contributed by atoms with van der Waals surface area (Å²) < 4.78 is 5.21. The number of ether oxygens (including phenoxy) is 1. The van der Waals surface area contributed by atoms with Crippen molar-refractivity contribution in [2.24, 2.45) is 5.73 Å². The first-order valence-electron chi connectivity index (χ1n) is 5.88. The van der Waals surface area contributed by atoms with Crippen molar-refractivity contribution >= 4 is 11.7 Å². The smallest absolute Gasteiger partial charge is 0.237 e. The van der Waals surface area contributed by atoms with Crippen molar-refractivity contribution in [1.82, 2.24) is 4.90 Å². The molecule has 18 heavy (non-hydrogen) atoms. The van der Waals surface area contributed by atoms with Crippen LogP contribution in [0.2, 0.25) is 0 Å². The molecule has 0 bridgehead atoms. The lowest BCUT2D eigenvalue weighted by Gasteiger charge is -2.32. The van der Waals surface area contributed by atoms with Gasteiger partial charge < -0.3 is 10.5 Å². The maximum Gasteiger partial charge on any atom is 0.237 e. The van der Waals surface area contributed by atoms with E-state index in [1.54, 1.807) is 17.0 Å². The standard InChI is InChI=1S/C13H16N2O3/c14-13(17)11-9-18-7-6-15(11)8-12(16)10-4-2-1-3-5-10/h1-5,11H,6-9H2,(H2,14,17). The predicted molar refractivity (Wildman–Crippen MR) is 66.1 cm³/mol. The molecule has 1 aliphatic rings. The molecule has 0 aliphatic carbocycles. The van der Waals surface area contributed by atoms with Crippen LogP contribution in [-0.2, 0) is 9.53 Å². The van der Waals surface area contributed by atoms with Crippen LogP contribution in [0.5, 0.6) is 0 Å². The Kier molecular flexibility index (Phi) is 4.07. The highest BCUT2D eigenvalue weighted by atomic mass is 16.5. The average molecular weight is 248 g/mol. The molecule has 1 atom stereocenters. The second-order valence-electron chi connectivity index (χ2n) is 4.25. The second-order valence-corrected chi connectivity index (χ2v) is 4.25. The number of nitrogens with zero attached hydrogens (tertiary/aromatic N) is 1. The van der Waals surface area contributed by atoms with E-state index in [1.807, 2.05) is 18.2 Å². The number of carbonyl (C=O) groups is 2. The van der Waals surface area contributed by atoms with Gasteiger partial charge in [0.15, 0.2) is 5.78 Å². The van der Waals surface area contributed by atoms with E-state index >= 15 is 0 Å². The fourth-order valence-corrected chi connectivity index (χ4v) is 1.99. The van der Waals surface area contributed by atoms with Gasteiger partial charge in [0, 0.05) is 12.1 Å². The van der Waals surface area contributed by atoms with E-state index in [-0.39, 0.29) is 18.9 Å². The Hall–Kier alpha value is -1.72. The Morgan fingerprint density at radius 2 is 2.06 bits per heavy atom. The topological polar surface area (TPSA) is 72.6 Å². The average Bonchev–Trinajstić information content (AvgIpc) is 2.40. The number of morpholine rings is 1. The van der Waals surface area contributed by atoms with Crippen LogP contribution in [0.1, 0.15) is 10.4 Å². The zero-order chi connectivity index (χ0) is 13.0. The van der Waals surface area contributed by atoms with Gasteiger partial charge in [-0.2, -0.15) is 0 Å². The fourth-order valence-electron chi connectivity index (χ4n) is 1.99. The highest BCUT2D eigenvalue weighted by Crippen LogP contribution is 2.09. The normalized spacial score (nSPS) is 20.6. The Bertz CT molecular complexity index is 433. The lowest BCUT2D eigenvalue weighted by molar-refractivity contribution is -0.128. The van der Waals surface area contributed by atoms with Crippen LogP contribution >= 0.6 is 0 Å². The van der Waals surface area contributed by atoms with Crippen molar-refractivity contribution in [2.75, 3.05) is 26.3 Å². The van der Waals surface area contributed by atoms with Crippen LogP contribution in [0.3, 0.4) is 0 Å². The second kappa shape index (κ2) is 5.75. The molecular weight excluding hydrogens is 232 g/mol. The summed E-state index contributed by atoms with van der Waals surface area (Å²) in [5, 5.41) is 0. The Balaban J connectivity index is 2.03. The highest BCUT2D eigenvalue weighted by Gasteiger charge is 2.29. The number of nitrogens with two attached hydrogens (primary N) is 1. The molecule has 1 amide bonds. The molecule has 1 heterocycles. The van der Waals surface area contributed by atoms with Gasteiger partial charge in [-0.05, 0) is 0 Å². The summed E-state index contributed by atoms with van der Waals surface area (Å²) >= 11 is 0. The van der Waals surface area contributed by atoms with E-state index in [2.05, 4.69) is 0 Å². The molecule has 5 heteroatoms. The predicted octanol–water partition coefficient (Wildman–Crippen LogP) is 0.0554. The van der Waals surface area contributed by atoms with E-state index in [4.69, 9.17) is 10.5 Å². The SMILES string of the molecule is NC(=O)C1COCCN1CC(=O)c1ccccc1.